The summed E-state index contributed by atoms with van der Waals surface area (Å²) in [4.78, 5) is 7.54. The zero-order valence-electron chi connectivity index (χ0n) is 6.57. The van der Waals surface area contributed by atoms with Gasteiger partial charge in [-0.15, -0.1) is 24.0 Å². The zero-order valence-corrected chi connectivity index (χ0v) is 9.72. The summed E-state index contributed by atoms with van der Waals surface area (Å²) in [6.07, 6.45) is 2.01. The summed E-state index contributed by atoms with van der Waals surface area (Å²) in [5.74, 6) is 0. The number of H-pyrrole nitrogens is 1. The average Bonchev–Trinajstić information content (AvgIpc) is 2.46. The van der Waals surface area contributed by atoms with Crippen LogP contribution in [0.5, 0.6) is 0 Å². The minimum atomic E-state index is 0. The molecule has 0 fully saturated rings. The Hall–Kier alpha value is -0.230. The van der Waals surface area contributed by atoms with Gasteiger partial charge in [-0.1, -0.05) is 23.9 Å². The fourth-order valence-electron chi connectivity index (χ4n) is 1.03. The molecule has 64 valence electrons. The monoisotopic (exact) mass is 292 g/mol. The predicted octanol–water partition coefficient (Wildman–Crippen LogP) is 2.90. The van der Waals surface area contributed by atoms with E-state index in [-0.39, 0.29) is 24.0 Å². The van der Waals surface area contributed by atoms with E-state index in [0.29, 0.717) is 0 Å². The van der Waals surface area contributed by atoms with Gasteiger partial charge in [-0.3, -0.25) is 0 Å². The molecule has 0 saturated heterocycles. The van der Waals surface area contributed by atoms with Gasteiger partial charge in [-0.2, -0.15) is 0 Å². The van der Waals surface area contributed by atoms with Crippen LogP contribution in [0.3, 0.4) is 0 Å². The predicted molar refractivity (Wildman–Crippen MR) is 63.3 cm³/mol. The summed E-state index contributed by atoms with van der Waals surface area (Å²) in [7, 11) is 0. The summed E-state index contributed by atoms with van der Waals surface area (Å²) < 4.78 is 0. The van der Waals surface area contributed by atoms with Crippen LogP contribution in [0.25, 0.3) is 11.0 Å². The van der Waals surface area contributed by atoms with Gasteiger partial charge in [0.05, 0.1) is 11.0 Å². The topological polar surface area (TPSA) is 28.7 Å². The minimum absolute atomic E-state index is 0. The van der Waals surface area contributed by atoms with Gasteiger partial charge in [0, 0.05) is 0 Å². The number of benzene rings is 1. The summed E-state index contributed by atoms with van der Waals surface area (Å²) >= 11 is 1.63. The van der Waals surface area contributed by atoms with E-state index in [9.17, 15) is 0 Å². The number of hydrogen-bond donors (Lipinski definition) is 1. The van der Waals surface area contributed by atoms with Crippen molar-refractivity contribution in [2.75, 3.05) is 6.26 Å². The number of aromatic nitrogens is 2. The summed E-state index contributed by atoms with van der Waals surface area (Å²) in [6, 6.07) is 8.03. The van der Waals surface area contributed by atoms with Gasteiger partial charge in [0.25, 0.3) is 0 Å². The molecule has 1 aromatic carbocycles. The summed E-state index contributed by atoms with van der Waals surface area (Å²) in [6.45, 7) is 0. The molecule has 0 bridgehead atoms. The van der Waals surface area contributed by atoms with Crippen LogP contribution in [0.15, 0.2) is 29.4 Å². The van der Waals surface area contributed by atoms with E-state index in [1.54, 1.807) is 11.8 Å². The van der Waals surface area contributed by atoms with E-state index in [1.807, 2.05) is 30.5 Å². The number of nitrogens with one attached hydrogen (secondary N) is 1. The molecular formula is C8H9IN2S. The van der Waals surface area contributed by atoms with Crippen LogP contribution < -0.4 is 0 Å². The van der Waals surface area contributed by atoms with Crippen molar-refractivity contribution in [3.63, 3.8) is 0 Å². The third kappa shape index (κ3) is 1.74. The maximum absolute atomic E-state index is 4.34. The number of fused-ring (bicyclic) bond motifs is 1. The SMILES string of the molecule is CSc1nc2ccccc2[nH]1.I. The first kappa shape index (κ1) is 9.85. The zero-order chi connectivity index (χ0) is 7.68. The third-order valence-corrected chi connectivity index (χ3v) is 2.14. The van der Waals surface area contributed by atoms with E-state index in [0.717, 1.165) is 16.2 Å². The van der Waals surface area contributed by atoms with Crippen LogP contribution in [0, 0.1) is 0 Å². The molecule has 2 aromatic rings. The molecule has 0 aliphatic carbocycles. The largest absolute Gasteiger partial charge is 0.333 e. The minimum Gasteiger partial charge on any atom is -0.333 e. The molecule has 1 aromatic heterocycles. The molecule has 1 heterocycles. The number of para-hydroxylation sites is 2. The van der Waals surface area contributed by atoms with E-state index in [4.69, 9.17) is 0 Å². The van der Waals surface area contributed by atoms with Gasteiger partial charge in [0.2, 0.25) is 0 Å². The molecule has 12 heavy (non-hydrogen) atoms. The molecule has 0 spiro atoms. The number of imidazole rings is 1. The van der Waals surface area contributed by atoms with Crippen molar-refractivity contribution in [2.24, 2.45) is 0 Å². The smallest absolute Gasteiger partial charge is 0.166 e. The number of halogens is 1. The Morgan fingerprint density at radius 1 is 1.33 bits per heavy atom. The van der Waals surface area contributed by atoms with E-state index >= 15 is 0 Å². The average molecular weight is 292 g/mol. The number of nitrogens with zero attached hydrogens (tertiary/aromatic N) is 1. The first-order valence-corrected chi connectivity index (χ1v) is 4.61. The van der Waals surface area contributed by atoms with Crippen LogP contribution in [0.1, 0.15) is 0 Å². The van der Waals surface area contributed by atoms with Crippen molar-refractivity contribution >= 4 is 46.8 Å². The standard InChI is InChI=1S/C8H8N2S.HI/c1-11-8-9-6-4-2-3-5-7(6)10-8;/h2-5H,1H3,(H,9,10);1H. The van der Waals surface area contributed by atoms with Gasteiger partial charge < -0.3 is 4.98 Å². The first-order valence-electron chi connectivity index (χ1n) is 3.39. The fraction of sp³-hybridized carbons (Fsp3) is 0.125. The lowest BCUT2D eigenvalue weighted by Crippen LogP contribution is -1.67. The van der Waals surface area contributed by atoms with E-state index in [1.165, 1.54) is 0 Å². The summed E-state index contributed by atoms with van der Waals surface area (Å²) in [5, 5.41) is 0.978. The van der Waals surface area contributed by atoms with Gasteiger partial charge in [0.1, 0.15) is 0 Å². The Morgan fingerprint density at radius 2 is 2.08 bits per heavy atom. The third-order valence-electron chi connectivity index (χ3n) is 1.56. The number of hydrogen-bond acceptors (Lipinski definition) is 2. The molecule has 4 heteroatoms. The Balaban J connectivity index is 0.000000720. The van der Waals surface area contributed by atoms with Crippen LogP contribution in [-0.4, -0.2) is 16.2 Å². The Morgan fingerprint density at radius 3 is 2.75 bits per heavy atom. The molecule has 0 atom stereocenters. The Kier molecular flexibility index (Phi) is 3.39. The summed E-state index contributed by atoms with van der Waals surface area (Å²) in [5.41, 5.74) is 2.15. The highest BCUT2D eigenvalue weighted by Crippen LogP contribution is 2.15. The van der Waals surface area contributed by atoms with Crippen molar-refractivity contribution in [1.82, 2.24) is 9.97 Å². The molecule has 0 unspecified atom stereocenters. The maximum atomic E-state index is 4.34. The van der Waals surface area contributed by atoms with Crippen LogP contribution in [-0.2, 0) is 0 Å². The van der Waals surface area contributed by atoms with Crippen molar-refractivity contribution in [3.8, 4) is 0 Å². The van der Waals surface area contributed by atoms with Crippen LogP contribution >= 0.6 is 35.7 Å². The van der Waals surface area contributed by atoms with Gasteiger partial charge >= 0.3 is 0 Å². The molecule has 2 nitrogen and oxygen atoms in total. The normalized spacial score (nSPS) is 9.75. The molecule has 1 N–H and O–H groups in total. The highest BCUT2D eigenvalue weighted by molar-refractivity contribution is 14.0. The van der Waals surface area contributed by atoms with Crippen molar-refractivity contribution in [2.45, 2.75) is 5.16 Å². The van der Waals surface area contributed by atoms with Crippen LogP contribution in [0.4, 0.5) is 0 Å². The second-order valence-electron chi connectivity index (χ2n) is 2.26. The quantitative estimate of drug-likeness (QED) is 0.646. The van der Waals surface area contributed by atoms with E-state index in [2.05, 4.69) is 9.97 Å². The van der Waals surface area contributed by atoms with Gasteiger partial charge in [0.15, 0.2) is 5.16 Å². The second kappa shape index (κ2) is 4.13. The lowest BCUT2D eigenvalue weighted by Gasteiger charge is -1.81. The lowest BCUT2D eigenvalue weighted by molar-refractivity contribution is 1.09. The Bertz CT molecular complexity index is 339. The van der Waals surface area contributed by atoms with Crippen molar-refractivity contribution < 1.29 is 0 Å². The highest BCUT2D eigenvalue weighted by atomic mass is 127. The van der Waals surface area contributed by atoms with Crippen LogP contribution in [0.2, 0.25) is 0 Å². The maximum Gasteiger partial charge on any atom is 0.166 e. The Labute approximate surface area is 92.2 Å². The fourth-order valence-corrected chi connectivity index (χ4v) is 1.43. The molecule has 0 aliphatic rings. The van der Waals surface area contributed by atoms with Crippen molar-refractivity contribution in [1.29, 1.82) is 0 Å². The van der Waals surface area contributed by atoms with E-state index < -0.39 is 0 Å². The van der Waals surface area contributed by atoms with Gasteiger partial charge in [-0.25, -0.2) is 4.98 Å². The molecule has 0 aliphatic heterocycles. The number of thioether (sulfide) groups is 1. The molecule has 0 radical (unpaired) electrons. The van der Waals surface area contributed by atoms with Crippen molar-refractivity contribution in [3.05, 3.63) is 24.3 Å². The molecule has 0 amide bonds. The first-order chi connectivity index (χ1) is 5.40. The van der Waals surface area contributed by atoms with Gasteiger partial charge in [-0.05, 0) is 18.4 Å². The highest BCUT2D eigenvalue weighted by Gasteiger charge is 1.97. The molecule has 2 rings (SSSR count). The lowest BCUT2D eigenvalue weighted by atomic mass is 10.3. The second-order valence-corrected chi connectivity index (χ2v) is 3.06. The number of aromatic amines is 1. The molecule has 0 saturated carbocycles. The molecular weight excluding hydrogens is 283 g/mol. The number of rotatable bonds is 1.